The predicted octanol–water partition coefficient (Wildman–Crippen LogP) is 3.72. The van der Waals surface area contributed by atoms with Gasteiger partial charge in [-0.05, 0) is 37.2 Å². The highest BCUT2D eigenvalue weighted by molar-refractivity contribution is 5.23. The van der Waals surface area contributed by atoms with Crippen molar-refractivity contribution < 1.29 is 4.74 Å². The third kappa shape index (κ3) is 4.60. The second-order valence-corrected chi connectivity index (χ2v) is 6.40. The van der Waals surface area contributed by atoms with E-state index in [4.69, 9.17) is 4.74 Å². The second-order valence-electron chi connectivity index (χ2n) is 6.40. The van der Waals surface area contributed by atoms with E-state index in [2.05, 4.69) is 36.5 Å². The van der Waals surface area contributed by atoms with Crippen molar-refractivity contribution in [2.24, 2.45) is 5.41 Å². The maximum absolute atomic E-state index is 5.14. The fraction of sp³-hybridized carbons (Fsp3) is 0.667. The quantitative estimate of drug-likeness (QED) is 0.766. The van der Waals surface area contributed by atoms with E-state index in [-0.39, 0.29) is 0 Å². The lowest BCUT2D eigenvalue weighted by Gasteiger charge is -2.38. The van der Waals surface area contributed by atoms with E-state index >= 15 is 0 Å². The van der Waals surface area contributed by atoms with Crippen molar-refractivity contribution in [3.05, 3.63) is 35.4 Å². The molecule has 1 aromatic rings. The van der Waals surface area contributed by atoms with Crippen LogP contribution in [0.15, 0.2) is 24.3 Å². The summed E-state index contributed by atoms with van der Waals surface area (Å²) in [6.45, 7) is 5.09. The number of rotatable bonds is 7. The maximum Gasteiger partial charge on any atom is 0.0587 e. The average Bonchev–Trinajstić information content (AvgIpc) is 2.45. The van der Waals surface area contributed by atoms with Gasteiger partial charge in [-0.3, -0.25) is 0 Å². The molecule has 1 aliphatic carbocycles. The molecule has 1 N–H and O–H groups in total. The molecule has 1 aromatic carbocycles. The van der Waals surface area contributed by atoms with Gasteiger partial charge in [-0.25, -0.2) is 0 Å². The number of benzene rings is 1. The molecule has 0 bridgehead atoms. The molecular formula is C18H29NO. The third-order valence-electron chi connectivity index (χ3n) is 4.56. The van der Waals surface area contributed by atoms with Crippen LogP contribution >= 0.6 is 0 Å². The molecule has 0 heterocycles. The number of ether oxygens (including phenoxy) is 1. The van der Waals surface area contributed by atoms with Gasteiger partial charge in [0.05, 0.1) is 6.61 Å². The van der Waals surface area contributed by atoms with Crippen LogP contribution in [0.2, 0.25) is 0 Å². The summed E-state index contributed by atoms with van der Waals surface area (Å²) in [6.07, 6.45) is 8.12. The van der Waals surface area contributed by atoms with Crippen LogP contribution in [0.25, 0.3) is 0 Å². The molecular weight excluding hydrogens is 246 g/mol. The van der Waals surface area contributed by atoms with E-state index in [1.165, 1.54) is 49.7 Å². The van der Waals surface area contributed by atoms with Crippen molar-refractivity contribution in [2.75, 3.05) is 26.8 Å². The van der Waals surface area contributed by atoms with Gasteiger partial charge in [0.1, 0.15) is 0 Å². The Morgan fingerprint density at radius 3 is 2.70 bits per heavy atom. The zero-order valence-electron chi connectivity index (χ0n) is 13.1. The summed E-state index contributed by atoms with van der Waals surface area (Å²) >= 11 is 0. The molecule has 0 atom stereocenters. The molecule has 1 saturated carbocycles. The van der Waals surface area contributed by atoms with Crippen LogP contribution in [0.3, 0.4) is 0 Å². The Labute approximate surface area is 123 Å². The van der Waals surface area contributed by atoms with Gasteiger partial charge in [-0.1, -0.05) is 49.1 Å². The number of nitrogens with one attached hydrogen (secondary N) is 1. The van der Waals surface area contributed by atoms with E-state index in [9.17, 15) is 0 Å². The number of hydrogen-bond donors (Lipinski definition) is 1. The van der Waals surface area contributed by atoms with Crippen molar-refractivity contribution in [1.29, 1.82) is 0 Å². The lowest BCUT2D eigenvalue weighted by Crippen LogP contribution is -2.39. The van der Waals surface area contributed by atoms with Gasteiger partial charge in [0.2, 0.25) is 0 Å². The molecule has 2 heteroatoms. The van der Waals surface area contributed by atoms with Gasteiger partial charge >= 0.3 is 0 Å². The highest BCUT2D eigenvalue weighted by atomic mass is 16.5. The lowest BCUT2D eigenvalue weighted by molar-refractivity contribution is 0.162. The van der Waals surface area contributed by atoms with Crippen LogP contribution in [-0.4, -0.2) is 26.8 Å². The summed E-state index contributed by atoms with van der Waals surface area (Å²) in [5.41, 5.74) is 3.33. The van der Waals surface area contributed by atoms with E-state index < -0.39 is 0 Å². The Morgan fingerprint density at radius 1 is 1.20 bits per heavy atom. The van der Waals surface area contributed by atoms with Gasteiger partial charge in [-0.15, -0.1) is 0 Å². The largest absolute Gasteiger partial charge is 0.383 e. The Morgan fingerprint density at radius 2 is 2.00 bits per heavy atom. The summed E-state index contributed by atoms with van der Waals surface area (Å²) in [5.74, 6) is 0. The van der Waals surface area contributed by atoms with E-state index in [1.54, 1.807) is 7.11 Å². The fourth-order valence-corrected chi connectivity index (χ4v) is 3.50. The topological polar surface area (TPSA) is 21.3 Å². The van der Waals surface area contributed by atoms with Gasteiger partial charge in [0.15, 0.2) is 0 Å². The first-order valence-electron chi connectivity index (χ1n) is 7.99. The van der Waals surface area contributed by atoms with Gasteiger partial charge < -0.3 is 10.1 Å². The van der Waals surface area contributed by atoms with Crippen molar-refractivity contribution in [3.8, 4) is 0 Å². The van der Waals surface area contributed by atoms with E-state index in [0.29, 0.717) is 5.41 Å². The molecule has 0 aromatic heterocycles. The summed E-state index contributed by atoms with van der Waals surface area (Å²) < 4.78 is 5.14. The Kier molecular flexibility index (Phi) is 6.06. The van der Waals surface area contributed by atoms with Crippen LogP contribution in [-0.2, 0) is 11.2 Å². The standard InChI is InChI=1S/C18H29NO/c1-16-7-6-8-17(13-16)14-18(9-4-3-5-10-18)15-19-11-12-20-2/h6-8,13,19H,3-5,9-12,14-15H2,1-2H3. The van der Waals surface area contributed by atoms with Crippen LogP contribution in [0.1, 0.15) is 43.2 Å². The smallest absolute Gasteiger partial charge is 0.0587 e. The molecule has 20 heavy (non-hydrogen) atoms. The van der Waals surface area contributed by atoms with Crippen molar-refractivity contribution in [2.45, 2.75) is 45.4 Å². The maximum atomic E-state index is 5.14. The molecule has 0 aliphatic heterocycles. The minimum Gasteiger partial charge on any atom is -0.383 e. The molecule has 0 radical (unpaired) electrons. The minimum atomic E-state index is 0.458. The first kappa shape index (κ1) is 15.5. The molecule has 112 valence electrons. The summed E-state index contributed by atoms with van der Waals surface area (Å²) in [7, 11) is 1.77. The molecule has 0 unspecified atom stereocenters. The lowest BCUT2D eigenvalue weighted by atomic mass is 9.70. The summed E-state index contributed by atoms with van der Waals surface area (Å²) in [6, 6.07) is 9.03. The predicted molar refractivity (Wildman–Crippen MR) is 85.1 cm³/mol. The van der Waals surface area contributed by atoms with E-state index in [1.807, 2.05) is 0 Å². The Bertz CT molecular complexity index is 396. The first-order valence-corrected chi connectivity index (χ1v) is 7.99. The highest BCUT2D eigenvalue weighted by Crippen LogP contribution is 2.38. The molecule has 1 fully saturated rings. The molecule has 0 amide bonds. The van der Waals surface area contributed by atoms with Crippen LogP contribution in [0, 0.1) is 12.3 Å². The van der Waals surface area contributed by atoms with Crippen LogP contribution in [0.4, 0.5) is 0 Å². The van der Waals surface area contributed by atoms with Crippen molar-refractivity contribution in [3.63, 3.8) is 0 Å². The van der Waals surface area contributed by atoms with Gasteiger partial charge in [-0.2, -0.15) is 0 Å². The summed E-state index contributed by atoms with van der Waals surface area (Å²) in [4.78, 5) is 0. The van der Waals surface area contributed by atoms with Gasteiger partial charge in [0.25, 0.3) is 0 Å². The first-order chi connectivity index (χ1) is 9.74. The summed E-state index contributed by atoms with van der Waals surface area (Å²) in [5, 5.41) is 3.61. The molecule has 0 spiro atoms. The second kappa shape index (κ2) is 7.80. The molecule has 1 aliphatic rings. The fourth-order valence-electron chi connectivity index (χ4n) is 3.50. The monoisotopic (exact) mass is 275 g/mol. The van der Waals surface area contributed by atoms with E-state index in [0.717, 1.165) is 19.7 Å². The third-order valence-corrected chi connectivity index (χ3v) is 4.56. The molecule has 2 nitrogen and oxygen atoms in total. The Balaban J connectivity index is 1.98. The van der Waals surface area contributed by atoms with Crippen molar-refractivity contribution >= 4 is 0 Å². The van der Waals surface area contributed by atoms with Crippen molar-refractivity contribution in [1.82, 2.24) is 5.32 Å². The zero-order chi connectivity index (χ0) is 14.3. The number of methoxy groups -OCH3 is 1. The number of aryl methyl sites for hydroxylation is 1. The normalized spacial score (nSPS) is 18.1. The minimum absolute atomic E-state index is 0.458. The van der Waals surface area contributed by atoms with Gasteiger partial charge in [0, 0.05) is 20.2 Å². The van der Waals surface area contributed by atoms with Crippen LogP contribution in [0.5, 0.6) is 0 Å². The van der Waals surface area contributed by atoms with Crippen LogP contribution < -0.4 is 5.32 Å². The highest BCUT2D eigenvalue weighted by Gasteiger charge is 2.31. The molecule has 2 rings (SSSR count). The molecule has 0 saturated heterocycles. The average molecular weight is 275 g/mol. The Hall–Kier alpha value is -0.860. The number of hydrogen-bond acceptors (Lipinski definition) is 2. The SMILES string of the molecule is COCCNCC1(Cc2cccc(C)c2)CCCCC1. The zero-order valence-corrected chi connectivity index (χ0v) is 13.1.